The topological polar surface area (TPSA) is 143 Å². The lowest BCUT2D eigenvalue weighted by Crippen LogP contribution is -2.30. The molecule has 0 saturated carbocycles. The van der Waals surface area contributed by atoms with Crippen LogP contribution in [0.25, 0.3) is 6.08 Å². The first kappa shape index (κ1) is 29.0. The van der Waals surface area contributed by atoms with Crippen LogP contribution < -0.4 is 20.7 Å². The monoisotopic (exact) mass is 572 g/mol. The summed E-state index contributed by atoms with van der Waals surface area (Å²) in [6, 6.07) is 21.5. The fourth-order valence-electron chi connectivity index (χ4n) is 3.67. The first-order valence-electron chi connectivity index (χ1n) is 12.5. The van der Waals surface area contributed by atoms with Crippen molar-refractivity contribution in [3.8, 4) is 11.5 Å². The van der Waals surface area contributed by atoms with Crippen molar-refractivity contribution in [1.29, 1.82) is 0 Å². The summed E-state index contributed by atoms with van der Waals surface area (Å²) in [6.45, 7) is 3.48. The van der Waals surface area contributed by atoms with E-state index in [4.69, 9.17) is 9.26 Å². The number of amides is 3. The zero-order chi connectivity index (χ0) is 29.4. The number of aromatic hydroxyl groups is 1. The number of hydrogen-bond acceptors (Lipinski definition) is 8. The van der Waals surface area contributed by atoms with Gasteiger partial charge in [-0.2, -0.15) is 0 Å². The Morgan fingerprint density at radius 1 is 1.00 bits per heavy atom. The molecule has 4 aromatic rings. The lowest BCUT2D eigenvalue weighted by atomic mass is 10.1. The van der Waals surface area contributed by atoms with E-state index in [0.717, 1.165) is 4.90 Å². The molecule has 4 N–H and O–H groups in total. The molecule has 0 aliphatic rings. The predicted octanol–water partition coefficient (Wildman–Crippen LogP) is 5.23. The molecule has 0 radical (unpaired) electrons. The van der Waals surface area contributed by atoms with E-state index in [2.05, 4.69) is 21.1 Å². The average molecular weight is 573 g/mol. The average Bonchev–Trinajstić information content (AvgIpc) is 3.38. The Balaban J connectivity index is 1.52. The van der Waals surface area contributed by atoms with Crippen molar-refractivity contribution in [3.63, 3.8) is 0 Å². The third-order valence-corrected chi connectivity index (χ3v) is 6.79. The minimum Gasteiger partial charge on any atom is -0.508 e. The molecule has 1 unspecified atom stereocenters. The number of aryl methyl sites for hydroxylation is 1. The molecule has 1 atom stereocenters. The lowest BCUT2D eigenvalue weighted by Gasteiger charge is -2.14. The number of rotatable bonds is 10. The molecule has 11 heteroatoms. The van der Waals surface area contributed by atoms with Gasteiger partial charge >= 0.3 is 0 Å². The second kappa shape index (κ2) is 13.4. The van der Waals surface area contributed by atoms with Crippen LogP contribution >= 0.6 is 11.8 Å². The maximum atomic E-state index is 13.4. The molecule has 0 aliphatic carbocycles. The van der Waals surface area contributed by atoms with Crippen LogP contribution in [-0.2, 0) is 9.59 Å². The third kappa shape index (κ3) is 7.99. The van der Waals surface area contributed by atoms with Gasteiger partial charge in [-0.15, -0.1) is 11.8 Å². The van der Waals surface area contributed by atoms with Crippen LogP contribution in [0.2, 0.25) is 0 Å². The van der Waals surface area contributed by atoms with E-state index in [1.54, 1.807) is 74.5 Å². The molecule has 210 valence electrons. The standard InChI is InChI=1S/C30H28N4O6S/c1-18-14-27(34-40-18)33-28(36)19(2)41-24-11-7-10-22(16-24)31-30(38)25(32-29(37)20-8-5-4-6-9-20)15-21-12-13-23(35)17-26(21)39-3/h4-17,19,35H,1-3H3,(H,31,38)(H,32,37)(H,33,34,36)/b25-15+. The SMILES string of the molecule is COc1cc(O)ccc1/C=C(/NC(=O)c1ccccc1)C(=O)Nc1cccc(SC(C)C(=O)Nc2cc(C)on2)c1. The van der Waals surface area contributed by atoms with Crippen molar-refractivity contribution in [1.82, 2.24) is 10.5 Å². The number of aromatic nitrogens is 1. The van der Waals surface area contributed by atoms with E-state index in [-0.39, 0.29) is 17.4 Å². The highest BCUT2D eigenvalue weighted by molar-refractivity contribution is 8.00. The van der Waals surface area contributed by atoms with Crippen molar-refractivity contribution >= 4 is 47.1 Å². The van der Waals surface area contributed by atoms with E-state index in [9.17, 15) is 19.5 Å². The number of phenols is 1. The summed E-state index contributed by atoms with van der Waals surface area (Å²) in [5.74, 6) is -0.0869. The maximum Gasteiger partial charge on any atom is 0.272 e. The number of anilines is 2. The molecule has 41 heavy (non-hydrogen) atoms. The Bertz CT molecular complexity index is 1580. The van der Waals surface area contributed by atoms with Gasteiger partial charge in [0.25, 0.3) is 11.8 Å². The fraction of sp³-hybridized carbons (Fsp3) is 0.133. The van der Waals surface area contributed by atoms with Crippen LogP contribution in [0.15, 0.2) is 94.0 Å². The highest BCUT2D eigenvalue weighted by Gasteiger charge is 2.19. The van der Waals surface area contributed by atoms with E-state index in [0.29, 0.717) is 34.1 Å². The van der Waals surface area contributed by atoms with Gasteiger partial charge in [-0.25, -0.2) is 0 Å². The van der Waals surface area contributed by atoms with Crippen molar-refractivity contribution in [2.24, 2.45) is 0 Å². The number of nitrogens with one attached hydrogen (secondary N) is 3. The first-order valence-corrected chi connectivity index (χ1v) is 13.4. The second-order valence-electron chi connectivity index (χ2n) is 8.86. The van der Waals surface area contributed by atoms with Gasteiger partial charge in [0.1, 0.15) is 23.0 Å². The number of ether oxygens (including phenoxy) is 1. The van der Waals surface area contributed by atoms with Gasteiger partial charge in [-0.3, -0.25) is 14.4 Å². The van der Waals surface area contributed by atoms with E-state index in [1.807, 2.05) is 6.07 Å². The van der Waals surface area contributed by atoms with Crippen LogP contribution in [0.4, 0.5) is 11.5 Å². The number of nitrogens with zero attached hydrogens (tertiary/aromatic N) is 1. The van der Waals surface area contributed by atoms with Crippen LogP contribution in [-0.4, -0.2) is 40.3 Å². The minimum atomic E-state index is -0.584. The Morgan fingerprint density at radius 2 is 1.78 bits per heavy atom. The largest absolute Gasteiger partial charge is 0.508 e. The highest BCUT2D eigenvalue weighted by atomic mass is 32.2. The number of thioether (sulfide) groups is 1. The molecule has 0 aliphatic heterocycles. The van der Waals surface area contributed by atoms with Gasteiger partial charge < -0.3 is 30.3 Å². The summed E-state index contributed by atoms with van der Waals surface area (Å²) in [7, 11) is 1.44. The number of carbonyl (C=O) groups excluding carboxylic acids is 3. The minimum absolute atomic E-state index is 0.00769. The van der Waals surface area contributed by atoms with Gasteiger partial charge in [0, 0.05) is 33.8 Å². The quantitative estimate of drug-likeness (QED) is 0.150. The molecule has 0 bridgehead atoms. The summed E-state index contributed by atoms with van der Waals surface area (Å²) in [5.41, 5.74) is 1.25. The van der Waals surface area contributed by atoms with Crippen molar-refractivity contribution < 1.29 is 28.8 Å². The number of methoxy groups -OCH3 is 1. The molecule has 3 aromatic carbocycles. The zero-order valence-electron chi connectivity index (χ0n) is 22.5. The summed E-state index contributed by atoms with van der Waals surface area (Å²) in [4.78, 5) is 39.7. The smallest absolute Gasteiger partial charge is 0.272 e. The van der Waals surface area contributed by atoms with E-state index < -0.39 is 17.1 Å². The Labute approximate surface area is 240 Å². The summed E-state index contributed by atoms with van der Waals surface area (Å²) >= 11 is 1.30. The number of hydrogen-bond donors (Lipinski definition) is 4. The molecule has 4 rings (SSSR count). The molecule has 1 heterocycles. The molecule has 3 amide bonds. The Morgan fingerprint density at radius 3 is 2.49 bits per heavy atom. The van der Waals surface area contributed by atoms with Crippen molar-refractivity contribution in [2.45, 2.75) is 24.0 Å². The van der Waals surface area contributed by atoms with Gasteiger partial charge in [-0.05, 0) is 62.4 Å². The van der Waals surface area contributed by atoms with Crippen LogP contribution in [0.1, 0.15) is 28.6 Å². The Kier molecular flexibility index (Phi) is 9.43. The number of benzene rings is 3. The fourth-order valence-corrected chi connectivity index (χ4v) is 4.60. The molecule has 0 fully saturated rings. The highest BCUT2D eigenvalue weighted by Crippen LogP contribution is 2.28. The predicted molar refractivity (Wildman–Crippen MR) is 157 cm³/mol. The molecule has 1 aromatic heterocycles. The summed E-state index contributed by atoms with van der Waals surface area (Å²) < 4.78 is 10.3. The molecular formula is C30H28N4O6S. The first-order chi connectivity index (χ1) is 19.7. The van der Waals surface area contributed by atoms with Gasteiger partial charge in [0.05, 0.1) is 12.4 Å². The van der Waals surface area contributed by atoms with Crippen LogP contribution in [0, 0.1) is 6.92 Å². The maximum absolute atomic E-state index is 13.4. The van der Waals surface area contributed by atoms with E-state index >= 15 is 0 Å². The van der Waals surface area contributed by atoms with E-state index in [1.165, 1.54) is 37.1 Å². The molecule has 0 spiro atoms. The third-order valence-electron chi connectivity index (χ3n) is 5.70. The number of phenolic OH excluding ortho intramolecular Hbond substituents is 1. The second-order valence-corrected chi connectivity index (χ2v) is 10.3. The Hall–Kier alpha value is -5.03. The van der Waals surface area contributed by atoms with Crippen molar-refractivity contribution in [2.75, 3.05) is 17.7 Å². The lowest BCUT2D eigenvalue weighted by molar-refractivity contribution is -0.115. The molecular weight excluding hydrogens is 544 g/mol. The van der Waals surface area contributed by atoms with Gasteiger partial charge in [0.2, 0.25) is 5.91 Å². The normalized spacial score (nSPS) is 11.8. The zero-order valence-corrected chi connectivity index (χ0v) is 23.3. The van der Waals surface area contributed by atoms with Gasteiger partial charge in [-0.1, -0.05) is 29.4 Å². The van der Waals surface area contributed by atoms with Crippen LogP contribution in [0.5, 0.6) is 11.5 Å². The van der Waals surface area contributed by atoms with Gasteiger partial charge in [0.15, 0.2) is 5.82 Å². The van der Waals surface area contributed by atoms with Crippen LogP contribution in [0.3, 0.4) is 0 Å². The number of carbonyl (C=O) groups is 3. The summed E-state index contributed by atoms with van der Waals surface area (Å²) in [6.07, 6.45) is 1.46. The van der Waals surface area contributed by atoms with Crippen molar-refractivity contribution in [3.05, 3.63) is 101 Å². The molecule has 0 saturated heterocycles. The molecule has 10 nitrogen and oxygen atoms in total. The summed E-state index contributed by atoms with van der Waals surface area (Å²) in [5, 5.41) is 21.3.